The summed E-state index contributed by atoms with van der Waals surface area (Å²) in [4.78, 5) is 16.1. The molecule has 0 saturated carbocycles. The largest absolute Gasteiger partial charge is 0.504 e. The predicted molar refractivity (Wildman–Crippen MR) is 76.1 cm³/mol. The zero-order valence-electron chi connectivity index (χ0n) is 9.55. The van der Waals surface area contributed by atoms with Crippen molar-refractivity contribution in [3.8, 4) is 5.75 Å². The first-order valence-electron chi connectivity index (χ1n) is 5.65. The van der Waals surface area contributed by atoms with Crippen molar-refractivity contribution in [2.45, 2.75) is 0 Å². The standard InChI is InChI=1S/C13H7BrN4O/c14-8-9-11(10-12(13(8)19)16-5-15-10)18-7-4-2-1-3-6(7)17-9/h1-5,18-19H. The van der Waals surface area contributed by atoms with Gasteiger partial charge < -0.3 is 10.1 Å². The van der Waals surface area contributed by atoms with Crippen LogP contribution in [0.3, 0.4) is 0 Å². The molecule has 2 N–H and O–H groups in total. The maximum atomic E-state index is 10.1. The highest BCUT2D eigenvalue weighted by Crippen LogP contribution is 2.37. The molecule has 0 amide bonds. The topological polar surface area (TPSA) is 74.7 Å². The van der Waals surface area contributed by atoms with Crippen LogP contribution in [0.25, 0.3) is 33.1 Å². The molecule has 0 saturated heterocycles. The molecule has 0 aliphatic rings. The number of phenols is 1. The lowest BCUT2D eigenvalue weighted by Gasteiger charge is -2.06. The minimum Gasteiger partial charge on any atom is -0.504 e. The molecule has 0 atom stereocenters. The van der Waals surface area contributed by atoms with Crippen molar-refractivity contribution in [1.82, 2.24) is 19.9 Å². The monoisotopic (exact) mass is 314 g/mol. The van der Waals surface area contributed by atoms with Gasteiger partial charge in [-0.1, -0.05) is 12.1 Å². The maximum absolute atomic E-state index is 10.1. The molecule has 0 fully saturated rings. The molecule has 0 bridgehead atoms. The van der Waals surface area contributed by atoms with Gasteiger partial charge in [0.1, 0.15) is 22.9 Å². The minimum absolute atomic E-state index is 0.0659. The number of hydrogen-bond donors (Lipinski definition) is 2. The molecule has 6 heteroatoms. The van der Waals surface area contributed by atoms with Crippen molar-refractivity contribution < 1.29 is 5.11 Å². The normalized spacial score (nSPS) is 11.6. The van der Waals surface area contributed by atoms with E-state index in [0.717, 1.165) is 16.6 Å². The van der Waals surface area contributed by atoms with E-state index in [-0.39, 0.29) is 5.75 Å². The van der Waals surface area contributed by atoms with E-state index in [1.165, 1.54) is 6.33 Å². The number of H-pyrrole nitrogens is 1. The molecule has 0 aliphatic carbocycles. The number of nitrogens with zero attached hydrogens (tertiary/aromatic N) is 3. The van der Waals surface area contributed by atoms with Crippen LogP contribution >= 0.6 is 15.9 Å². The first-order valence-corrected chi connectivity index (χ1v) is 6.44. The number of para-hydroxylation sites is 2. The van der Waals surface area contributed by atoms with Crippen molar-refractivity contribution in [1.29, 1.82) is 0 Å². The molecule has 4 aromatic rings. The Kier molecular flexibility index (Phi) is 2.05. The van der Waals surface area contributed by atoms with E-state index in [1.807, 2.05) is 24.3 Å². The number of nitrogens with one attached hydrogen (secondary N) is 1. The number of imidazole rings is 1. The molecule has 0 aliphatic heterocycles. The predicted octanol–water partition coefficient (Wildman–Crippen LogP) is 3.13. The Morgan fingerprint density at radius 2 is 1.84 bits per heavy atom. The SMILES string of the molecule is Oc1c(Br)c2nc3ccccc3[nH]c2c2ncnc12. The number of hydrogen-bond acceptors (Lipinski definition) is 4. The third kappa shape index (κ3) is 1.37. The molecule has 19 heavy (non-hydrogen) atoms. The van der Waals surface area contributed by atoms with Crippen LogP contribution in [0.5, 0.6) is 5.75 Å². The lowest BCUT2D eigenvalue weighted by Crippen LogP contribution is -1.90. The Bertz CT molecular complexity index is 947. The minimum atomic E-state index is 0.0659. The van der Waals surface area contributed by atoms with Crippen molar-refractivity contribution in [3.05, 3.63) is 35.1 Å². The number of aromatic amines is 1. The average Bonchev–Trinajstić information content (AvgIpc) is 2.93. The van der Waals surface area contributed by atoms with Gasteiger partial charge in [0.2, 0.25) is 0 Å². The molecular weight excluding hydrogens is 308 g/mol. The molecule has 2 heterocycles. The molecule has 0 spiro atoms. The Labute approximate surface area is 115 Å². The molecular formula is C13H7BrN4O. The van der Waals surface area contributed by atoms with E-state index in [4.69, 9.17) is 0 Å². The fourth-order valence-corrected chi connectivity index (χ4v) is 2.69. The van der Waals surface area contributed by atoms with Gasteiger partial charge >= 0.3 is 0 Å². The zero-order chi connectivity index (χ0) is 13.0. The summed E-state index contributed by atoms with van der Waals surface area (Å²) < 4.78 is 0.525. The van der Waals surface area contributed by atoms with Crippen LogP contribution < -0.4 is 0 Å². The molecule has 0 unspecified atom stereocenters. The van der Waals surface area contributed by atoms with Gasteiger partial charge in [0.15, 0.2) is 5.75 Å². The fraction of sp³-hybridized carbons (Fsp3) is 0. The maximum Gasteiger partial charge on any atom is 0.160 e. The van der Waals surface area contributed by atoms with Crippen LogP contribution in [-0.4, -0.2) is 25.0 Å². The number of phenolic OH excluding ortho intramolecular Hbond substituents is 1. The highest BCUT2D eigenvalue weighted by atomic mass is 79.9. The van der Waals surface area contributed by atoms with Crippen LogP contribution in [0.15, 0.2) is 35.1 Å². The van der Waals surface area contributed by atoms with E-state index < -0.39 is 0 Å². The highest BCUT2D eigenvalue weighted by molar-refractivity contribution is 9.10. The lowest BCUT2D eigenvalue weighted by atomic mass is 10.2. The summed E-state index contributed by atoms with van der Waals surface area (Å²) in [6.07, 6.45) is 1.43. The van der Waals surface area contributed by atoms with Crippen LogP contribution in [0, 0.1) is 0 Å². The van der Waals surface area contributed by atoms with E-state index in [9.17, 15) is 5.11 Å². The summed E-state index contributed by atoms with van der Waals surface area (Å²) in [7, 11) is 0. The number of aromatic nitrogens is 4. The van der Waals surface area contributed by atoms with Crippen LogP contribution in [-0.2, 0) is 0 Å². The third-order valence-corrected chi connectivity index (χ3v) is 3.86. The fourth-order valence-electron chi connectivity index (χ4n) is 2.22. The average molecular weight is 315 g/mol. The van der Waals surface area contributed by atoms with Gasteiger partial charge in [-0.3, -0.25) is 0 Å². The summed E-state index contributed by atoms with van der Waals surface area (Å²) >= 11 is 3.37. The van der Waals surface area contributed by atoms with Crippen molar-refractivity contribution in [2.75, 3.05) is 0 Å². The third-order valence-electron chi connectivity index (χ3n) is 3.11. The number of benzene rings is 2. The zero-order valence-corrected chi connectivity index (χ0v) is 11.1. The second-order valence-electron chi connectivity index (χ2n) is 4.21. The summed E-state index contributed by atoms with van der Waals surface area (Å²) in [5, 5.41) is 10.1. The Morgan fingerprint density at radius 3 is 2.74 bits per heavy atom. The van der Waals surface area contributed by atoms with Gasteiger partial charge in [-0.05, 0) is 28.1 Å². The Morgan fingerprint density at radius 1 is 1.05 bits per heavy atom. The number of fused-ring (bicyclic) bond motifs is 4. The van der Waals surface area contributed by atoms with E-state index in [0.29, 0.717) is 21.0 Å². The molecule has 2 aromatic heterocycles. The van der Waals surface area contributed by atoms with Crippen LogP contribution in [0.4, 0.5) is 0 Å². The Balaban J connectivity index is 2.34. The van der Waals surface area contributed by atoms with Crippen molar-refractivity contribution in [3.63, 3.8) is 0 Å². The number of rotatable bonds is 0. The number of aromatic hydroxyl groups is 1. The molecule has 5 nitrogen and oxygen atoms in total. The summed E-state index contributed by atoms with van der Waals surface area (Å²) in [5.41, 5.74) is 4.23. The van der Waals surface area contributed by atoms with Gasteiger partial charge in [0.25, 0.3) is 0 Å². The quantitative estimate of drug-likeness (QED) is 0.489. The summed E-state index contributed by atoms with van der Waals surface area (Å²) in [6, 6.07) is 7.72. The van der Waals surface area contributed by atoms with Gasteiger partial charge in [0, 0.05) is 0 Å². The summed E-state index contributed by atoms with van der Waals surface area (Å²) in [5.74, 6) is 0.0659. The molecule has 4 rings (SSSR count). The molecule has 0 radical (unpaired) electrons. The second kappa shape index (κ2) is 3.64. The van der Waals surface area contributed by atoms with Crippen molar-refractivity contribution in [2.24, 2.45) is 0 Å². The van der Waals surface area contributed by atoms with Gasteiger partial charge in [-0.25, -0.2) is 15.0 Å². The van der Waals surface area contributed by atoms with Gasteiger partial charge in [-0.2, -0.15) is 0 Å². The second-order valence-corrected chi connectivity index (χ2v) is 5.00. The smallest absolute Gasteiger partial charge is 0.160 e. The van der Waals surface area contributed by atoms with Gasteiger partial charge in [0.05, 0.1) is 21.0 Å². The van der Waals surface area contributed by atoms with Crippen LogP contribution in [0.2, 0.25) is 0 Å². The lowest BCUT2D eigenvalue weighted by molar-refractivity contribution is 0.478. The first-order chi connectivity index (χ1) is 9.25. The van der Waals surface area contributed by atoms with Crippen LogP contribution in [0.1, 0.15) is 0 Å². The summed E-state index contributed by atoms with van der Waals surface area (Å²) in [6.45, 7) is 0. The Hall–Kier alpha value is -2.21. The van der Waals surface area contributed by atoms with E-state index in [2.05, 4.69) is 35.9 Å². The van der Waals surface area contributed by atoms with Gasteiger partial charge in [-0.15, -0.1) is 0 Å². The molecule has 92 valence electrons. The van der Waals surface area contributed by atoms with E-state index >= 15 is 0 Å². The van der Waals surface area contributed by atoms with Crippen molar-refractivity contribution >= 4 is 49.0 Å². The highest BCUT2D eigenvalue weighted by Gasteiger charge is 2.16. The van der Waals surface area contributed by atoms with E-state index in [1.54, 1.807) is 0 Å². The molecule has 2 aromatic carbocycles. The number of halogens is 1. The first kappa shape index (κ1) is 10.7.